The summed E-state index contributed by atoms with van der Waals surface area (Å²) in [6, 6.07) is 6.24. The Labute approximate surface area is 155 Å². The SMILES string of the molecule is C=Cc1cccc(C2([C@H](C)C3CC3)N=C(N)NC(=N[C@H](C)C3CC3)N2)n1. The van der Waals surface area contributed by atoms with E-state index in [1.165, 1.54) is 25.7 Å². The molecule has 2 saturated carbocycles. The van der Waals surface area contributed by atoms with Gasteiger partial charge in [-0.2, -0.15) is 0 Å². The lowest BCUT2D eigenvalue weighted by atomic mass is 9.86. The molecule has 138 valence electrons. The van der Waals surface area contributed by atoms with Crippen LogP contribution in [0, 0.1) is 17.8 Å². The number of aliphatic imine (C=N–C) groups is 2. The summed E-state index contributed by atoms with van der Waals surface area (Å²) in [6.45, 7) is 8.25. The lowest BCUT2D eigenvalue weighted by molar-refractivity contribution is 0.230. The van der Waals surface area contributed by atoms with Gasteiger partial charge in [-0.3, -0.25) is 5.32 Å². The normalized spacial score (nSPS) is 29.3. The molecule has 6 heteroatoms. The van der Waals surface area contributed by atoms with E-state index in [0.717, 1.165) is 11.4 Å². The highest BCUT2D eigenvalue weighted by Gasteiger charge is 2.49. The maximum absolute atomic E-state index is 6.20. The number of nitrogens with zero attached hydrogens (tertiary/aromatic N) is 3. The van der Waals surface area contributed by atoms with Crippen LogP contribution in [0.2, 0.25) is 0 Å². The summed E-state index contributed by atoms with van der Waals surface area (Å²) in [5.74, 6) is 2.66. The summed E-state index contributed by atoms with van der Waals surface area (Å²) in [5, 5.41) is 6.69. The Balaban J connectivity index is 1.76. The first-order chi connectivity index (χ1) is 12.5. The van der Waals surface area contributed by atoms with Crippen LogP contribution in [0.15, 0.2) is 34.8 Å². The van der Waals surface area contributed by atoms with Crippen molar-refractivity contribution in [2.75, 3.05) is 0 Å². The number of nitrogens with one attached hydrogen (secondary N) is 2. The zero-order chi connectivity index (χ0) is 18.3. The average molecular weight is 352 g/mol. The molecule has 2 aliphatic carbocycles. The van der Waals surface area contributed by atoms with Gasteiger partial charge in [-0.15, -0.1) is 0 Å². The smallest absolute Gasteiger partial charge is 0.200 e. The molecule has 1 aromatic rings. The third kappa shape index (κ3) is 3.20. The maximum Gasteiger partial charge on any atom is 0.200 e. The second-order valence-corrected chi connectivity index (χ2v) is 7.85. The average Bonchev–Trinajstić information content (AvgIpc) is 3.52. The van der Waals surface area contributed by atoms with Crippen LogP contribution in [0.25, 0.3) is 6.08 Å². The van der Waals surface area contributed by atoms with Crippen LogP contribution >= 0.6 is 0 Å². The summed E-state index contributed by atoms with van der Waals surface area (Å²) in [4.78, 5) is 14.5. The summed E-state index contributed by atoms with van der Waals surface area (Å²) >= 11 is 0. The third-order valence-electron chi connectivity index (χ3n) is 5.85. The minimum atomic E-state index is -0.697. The lowest BCUT2D eigenvalue weighted by Gasteiger charge is -2.40. The highest BCUT2D eigenvalue weighted by atomic mass is 15.4. The molecule has 0 amide bonds. The number of pyridine rings is 1. The maximum atomic E-state index is 6.20. The van der Waals surface area contributed by atoms with Crippen LogP contribution in [0.1, 0.15) is 50.9 Å². The van der Waals surface area contributed by atoms with E-state index in [-0.39, 0.29) is 12.0 Å². The molecule has 26 heavy (non-hydrogen) atoms. The molecule has 2 fully saturated rings. The van der Waals surface area contributed by atoms with Crippen LogP contribution in [-0.4, -0.2) is 22.9 Å². The lowest BCUT2D eigenvalue weighted by Crippen LogP contribution is -2.62. The predicted molar refractivity (Wildman–Crippen MR) is 105 cm³/mol. The molecule has 1 unspecified atom stereocenters. The number of nitrogens with two attached hydrogens (primary N) is 1. The third-order valence-corrected chi connectivity index (χ3v) is 5.85. The standard InChI is InChI=1S/C20H28N6/c1-4-16-6-5-7-17(23-16)20(12(2)14-8-9-14)25-18(21)24-19(26-20)22-13(3)15-10-11-15/h4-7,12-15H,1,8-11H2,2-3H3,(H4,21,22,24,25,26)/t12-,13-,20?/m1/s1. The summed E-state index contributed by atoms with van der Waals surface area (Å²) in [7, 11) is 0. The molecule has 0 saturated heterocycles. The van der Waals surface area contributed by atoms with Crippen molar-refractivity contribution >= 4 is 18.0 Å². The van der Waals surface area contributed by atoms with Gasteiger partial charge >= 0.3 is 0 Å². The van der Waals surface area contributed by atoms with E-state index in [2.05, 4.69) is 31.1 Å². The Morgan fingerprint density at radius 2 is 2.00 bits per heavy atom. The Bertz CT molecular complexity index is 761. The fourth-order valence-corrected chi connectivity index (χ4v) is 3.82. The van der Waals surface area contributed by atoms with E-state index in [0.29, 0.717) is 23.8 Å². The molecule has 1 aliphatic heterocycles. The van der Waals surface area contributed by atoms with E-state index in [9.17, 15) is 0 Å². The molecule has 3 atom stereocenters. The number of aromatic nitrogens is 1. The van der Waals surface area contributed by atoms with E-state index in [4.69, 9.17) is 20.7 Å². The van der Waals surface area contributed by atoms with E-state index in [1.54, 1.807) is 6.08 Å². The molecule has 0 radical (unpaired) electrons. The van der Waals surface area contributed by atoms with E-state index < -0.39 is 5.66 Å². The highest BCUT2D eigenvalue weighted by molar-refractivity contribution is 6.00. The van der Waals surface area contributed by atoms with Gasteiger partial charge in [0.05, 0.1) is 17.4 Å². The van der Waals surface area contributed by atoms with Crippen molar-refractivity contribution < 1.29 is 0 Å². The van der Waals surface area contributed by atoms with Crippen LogP contribution in [0.4, 0.5) is 0 Å². The monoisotopic (exact) mass is 352 g/mol. The number of rotatable bonds is 6. The molecule has 0 aromatic carbocycles. The molecule has 2 heterocycles. The van der Waals surface area contributed by atoms with Crippen molar-refractivity contribution in [2.24, 2.45) is 33.5 Å². The molecule has 4 rings (SSSR count). The van der Waals surface area contributed by atoms with Crippen molar-refractivity contribution in [3.8, 4) is 0 Å². The zero-order valence-corrected chi connectivity index (χ0v) is 15.6. The quantitative estimate of drug-likeness (QED) is 0.734. The Kier molecular flexibility index (Phi) is 4.21. The van der Waals surface area contributed by atoms with Gasteiger partial charge in [-0.25, -0.2) is 15.0 Å². The van der Waals surface area contributed by atoms with Gasteiger partial charge in [0.2, 0.25) is 5.96 Å². The fourth-order valence-electron chi connectivity index (χ4n) is 3.82. The predicted octanol–water partition coefficient (Wildman–Crippen LogP) is 2.59. The Morgan fingerprint density at radius 1 is 1.27 bits per heavy atom. The number of hydrogen-bond donors (Lipinski definition) is 3. The van der Waals surface area contributed by atoms with Gasteiger partial charge in [-0.1, -0.05) is 19.6 Å². The molecule has 0 bridgehead atoms. The van der Waals surface area contributed by atoms with Gasteiger partial charge in [0.25, 0.3) is 0 Å². The molecule has 0 spiro atoms. The van der Waals surface area contributed by atoms with E-state index in [1.807, 2.05) is 18.2 Å². The van der Waals surface area contributed by atoms with Crippen LogP contribution in [0.5, 0.6) is 0 Å². The first-order valence-corrected chi connectivity index (χ1v) is 9.60. The van der Waals surface area contributed by atoms with Gasteiger partial charge in [0.15, 0.2) is 11.6 Å². The molecule has 6 nitrogen and oxygen atoms in total. The second kappa shape index (κ2) is 6.41. The summed E-state index contributed by atoms with van der Waals surface area (Å²) in [6.07, 6.45) is 6.72. The van der Waals surface area contributed by atoms with Crippen LogP contribution in [-0.2, 0) is 5.66 Å². The second-order valence-electron chi connectivity index (χ2n) is 7.85. The van der Waals surface area contributed by atoms with Gasteiger partial charge in [0.1, 0.15) is 0 Å². The van der Waals surface area contributed by atoms with Gasteiger partial charge in [0, 0.05) is 5.92 Å². The van der Waals surface area contributed by atoms with E-state index >= 15 is 0 Å². The molecular weight excluding hydrogens is 324 g/mol. The first-order valence-electron chi connectivity index (χ1n) is 9.60. The van der Waals surface area contributed by atoms with Crippen LogP contribution in [0.3, 0.4) is 0 Å². The highest BCUT2D eigenvalue weighted by Crippen LogP contribution is 2.46. The number of hydrogen-bond acceptors (Lipinski definition) is 4. The molecule has 3 aliphatic rings. The number of guanidine groups is 2. The minimum Gasteiger partial charge on any atom is -0.370 e. The van der Waals surface area contributed by atoms with Crippen molar-refractivity contribution in [1.29, 1.82) is 0 Å². The summed E-state index contributed by atoms with van der Waals surface area (Å²) in [5.41, 5.74) is 7.21. The molecular formula is C20H28N6. The zero-order valence-electron chi connectivity index (χ0n) is 15.6. The van der Waals surface area contributed by atoms with Gasteiger partial charge < -0.3 is 11.1 Å². The minimum absolute atomic E-state index is 0.261. The molecule has 4 N–H and O–H groups in total. The van der Waals surface area contributed by atoms with Gasteiger partial charge in [-0.05, 0) is 62.7 Å². The Morgan fingerprint density at radius 3 is 2.65 bits per heavy atom. The van der Waals surface area contributed by atoms with Crippen molar-refractivity contribution in [1.82, 2.24) is 15.6 Å². The largest absolute Gasteiger partial charge is 0.370 e. The molecule has 1 aromatic heterocycles. The Hall–Kier alpha value is -2.37. The van der Waals surface area contributed by atoms with Crippen LogP contribution < -0.4 is 16.4 Å². The summed E-state index contributed by atoms with van der Waals surface area (Å²) < 4.78 is 0. The topological polar surface area (TPSA) is 87.7 Å². The fraction of sp³-hybridized carbons (Fsp3) is 0.550. The first kappa shape index (κ1) is 17.1. The van der Waals surface area contributed by atoms with Crippen molar-refractivity contribution in [3.63, 3.8) is 0 Å². The van der Waals surface area contributed by atoms with Crippen molar-refractivity contribution in [2.45, 2.75) is 51.2 Å². The van der Waals surface area contributed by atoms with Crippen molar-refractivity contribution in [3.05, 3.63) is 36.2 Å².